The summed E-state index contributed by atoms with van der Waals surface area (Å²) >= 11 is 0. The highest BCUT2D eigenvalue weighted by atomic mass is 16.5. The molecule has 0 fully saturated rings. The summed E-state index contributed by atoms with van der Waals surface area (Å²) in [5.41, 5.74) is 0. The van der Waals surface area contributed by atoms with Crippen LogP contribution in [0.1, 0.15) is 6.42 Å². The Morgan fingerprint density at radius 3 is 2.58 bits per heavy atom. The molecule has 0 aromatic heterocycles. The maximum Gasteiger partial charge on any atom is 0.119 e. The number of nitrogens with one attached hydrogen (secondary N) is 1. The summed E-state index contributed by atoms with van der Waals surface area (Å²) < 4.78 is 10.7. The first-order valence-corrected chi connectivity index (χ1v) is 6.89. The number of benzene rings is 1. The quantitative estimate of drug-likeness (QED) is 0.617. The van der Waals surface area contributed by atoms with Crippen molar-refractivity contribution in [2.24, 2.45) is 0 Å². The van der Waals surface area contributed by atoms with Crippen molar-refractivity contribution in [2.75, 3.05) is 53.6 Å². The molecule has 0 saturated carbocycles. The SMILES string of the molecule is COCCN(C)CCNCCCOc1ccccc1. The van der Waals surface area contributed by atoms with Crippen molar-refractivity contribution in [3.8, 4) is 5.75 Å². The van der Waals surface area contributed by atoms with Gasteiger partial charge in [0.1, 0.15) is 5.75 Å². The van der Waals surface area contributed by atoms with E-state index in [4.69, 9.17) is 9.47 Å². The van der Waals surface area contributed by atoms with Gasteiger partial charge in [0.05, 0.1) is 13.2 Å². The molecule has 0 heterocycles. The van der Waals surface area contributed by atoms with Gasteiger partial charge in [-0.2, -0.15) is 0 Å². The molecule has 1 aromatic carbocycles. The largest absolute Gasteiger partial charge is 0.494 e. The predicted molar refractivity (Wildman–Crippen MR) is 78.8 cm³/mol. The summed E-state index contributed by atoms with van der Waals surface area (Å²) in [5.74, 6) is 0.946. The summed E-state index contributed by atoms with van der Waals surface area (Å²) in [6, 6.07) is 9.94. The first-order valence-electron chi connectivity index (χ1n) is 6.89. The molecule has 0 unspecified atom stereocenters. The fraction of sp³-hybridized carbons (Fsp3) is 0.600. The van der Waals surface area contributed by atoms with Crippen LogP contribution in [-0.2, 0) is 4.74 Å². The second-order valence-corrected chi connectivity index (χ2v) is 4.56. The van der Waals surface area contributed by atoms with E-state index < -0.39 is 0 Å². The summed E-state index contributed by atoms with van der Waals surface area (Å²) in [7, 11) is 3.85. The smallest absolute Gasteiger partial charge is 0.119 e. The van der Waals surface area contributed by atoms with Gasteiger partial charge in [-0.1, -0.05) is 18.2 Å². The molecule has 0 aliphatic rings. The normalized spacial score (nSPS) is 10.9. The third kappa shape index (κ3) is 8.59. The number of para-hydroxylation sites is 1. The molecule has 0 atom stereocenters. The maximum absolute atomic E-state index is 5.62. The number of ether oxygens (including phenoxy) is 2. The lowest BCUT2D eigenvalue weighted by molar-refractivity contribution is 0.161. The Morgan fingerprint density at radius 2 is 1.84 bits per heavy atom. The number of hydrogen-bond donors (Lipinski definition) is 1. The van der Waals surface area contributed by atoms with E-state index in [0.717, 1.165) is 51.6 Å². The number of rotatable bonds is 11. The highest BCUT2D eigenvalue weighted by molar-refractivity contribution is 5.20. The monoisotopic (exact) mass is 266 g/mol. The molecule has 0 spiro atoms. The molecule has 0 saturated heterocycles. The number of hydrogen-bond acceptors (Lipinski definition) is 4. The first kappa shape index (κ1) is 16.0. The van der Waals surface area contributed by atoms with E-state index in [1.807, 2.05) is 30.3 Å². The summed E-state index contributed by atoms with van der Waals surface area (Å²) in [6.45, 7) is 5.58. The molecule has 0 aliphatic heterocycles. The van der Waals surface area contributed by atoms with Crippen LogP contribution in [0.2, 0.25) is 0 Å². The standard InChI is InChI=1S/C15H26N2O2/c1-17(12-14-18-2)11-10-16-9-6-13-19-15-7-4-3-5-8-15/h3-5,7-8,16H,6,9-14H2,1-2H3. The van der Waals surface area contributed by atoms with Crippen molar-refractivity contribution in [3.63, 3.8) is 0 Å². The minimum absolute atomic E-state index is 0.760. The fourth-order valence-corrected chi connectivity index (χ4v) is 1.66. The average molecular weight is 266 g/mol. The Labute approximate surface area is 116 Å². The van der Waals surface area contributed by atoms with E-state index in [0.29, 0.717) is 0 Å². The summed E-state index contributed by atoms with van der Waals surface area (Å²) in [5, 5.41) is 3.42. The van der Waals surface area contributed by atoms with Crippen LogP contribution >= 0.6 is 0 Å². The van der Waals surface area contributed by atoms with Crippen molar-refractivity contribution >= 4 is 0 Å². The molecule has 108 valence electrons. The predicted octanol–water partition coefficient (Wildman–Crippen LogP) is 1.62. The second kappa shape index (κ2) is 10.8. The highest BCUT2D eigenvalue weighted by Gasteiger charge is 1.97. The van der Waals surface area contributed by atoms with Crippen LogP contribution in [0.5, 0.6) is 5.75 Å². The Balaban J connectivity index is 1.89. The van der Waals surface area contributed by atoms with Crippen LogP contribution in [0.3, 0.4) is 0 Å². The average Bonchev–Trinajstić information content (AvgIpc) is 2.45. The van der Waals surface area contributed by atoms with Crippen molar-refractivity contribution in [1.29, 1.82) is 0 Å². The summed E-state index contributed by atoms with van der Waals surface area (Å²) in [6.07, 6.45) is 1.02. The Hall–Kier alpha value is -1.10. The van der Waals surface area contributed by atoms with Crippen molar-refractivity contribution in [1.82, 2.24) is 10.2 Å². The zero-order valence-electron chi connectivity index (χ0n) is 12.1. The molecular weight excluding hydrogens is 240 g/mol. The van der Waals surface area contributed by atoms with Crippen LogP contribution in [0, 0.1) is 0 Å². The lowest BCUT2D eigenvalue weighted by Crippen LogP contribution is -2.32. The summed E-state index contributed by atoms with van der Waals surface area (Å²) in [4.78, 5) is 2.26. The Bertz CT molecular complexity index is 306. The second-order valence-electron chi connectivity index (χ2n) is 4.56. The van der Waals surface area contributed by atoms with E-state index in [1.54, 1.807) is 7.11 Å². The molecule has 1 N–H and O–H groups in total. The first-order chi connectivity index (χ1) is 9.33. The minimum Gasteiger partial charge on any atom is -0.494 e. The van der Waals surface area contributed by atoms with E-state index in [-0.39, 0.29) is 0 Å². The van der Waals surface area contributed by atoms with Gasteiger partial charge >= 0.3 is 0 Å². The van der Waals surface area contributed by atoms with Gasteiger partial charge < -0.3 is 19.7 Å². The minimum atomic E-state index is 0.760. The lowest BCUT2D eigenvalue weighted by Gasteiger charge is -2.16. The van der Waals surface area contributed by atoms with Crippen molar-refractivity contribution in [2.45, 2.75) is 6.42 Å². The van der Waals surface area contributed by atoms with Gasteiger partial charge in [0, 0.05) is 26.7 Å². The molecule has 1 aromatic rings. The molecular formula is C15H26N2O2. The zero-order valence-corrected chi connectivity index (χ0v) is 12.1. The molecule has 1 rings (SSSR count). The van der Waals surface area contributed by atoms with Gasteiger partial charge in [-0.25, -0.2) is 0 Å². The van der Waals surface area contributed by atoms with Gasteiger partial charge in [0.2, 0.25) is 0 Å². The van der Waals surface area contributed by atoms with E-state index in [9.17, 15) is 0 Å². The third-order valence-corrected chi connectivity index (χ3v) is 2.86. The molecule has 19 heavy (non-hydrogen) atoms. The van der Waals surface area contributed by atoms with E-state index >= 15 is 0 Å². The van der Waals surface area contributed by atoms with Crippen LogP contribution < -0.4 is 10.1 Å². The van der Waals surface area contributed by atoms with Gasteiger partial charge in [-0.05, 0) is 32.1 Å². The Kier molecular flexibility index (Phi) is 9.06. The van der Waals surface area contributed by atoms with Gasteiger partial charge in [-0.3, -0.25) is 0 Å². The molecule has 4 nitrogen and oxygen atoms in total. The lowest BCUT2D eigenvalue weighted by atomic mass is 10.3. The molecule has 4 heteroatoms. The van der Waals surface area contributed by atoms with Crippen LogP contribution in [0.25, 0.3) is 0 Å². The van der Waals surface area contributed by atoms with Gasteiger partial charge in [-0.15, -0.1) is 0 Å². The van der Waals surface area contributed by atoms with Crippen molar-refractivity contribution < 1.29 is 9.47 Å². The molecule has 0 radical (unpaired) electrons. The zero-order chi connectivity index (χ0) is 13.8. The van der Waals surface area contributed by atoms with Crippen LogP contribution in [0.4, 0.5) is 0 Å². The fourth-order valence-electron chi connectivity index (χ4n) is 1.66. The van der Waals surface area contributed by atoms with Crippen LogP contribution in [-0.4, -0.2) is 58.5 Å². The molecule has 0 bridgehead atoms. The highest BCUT2D eigenvalue weighted by Crippen LogP contribution is 2.07. The number of nitrogens with zero attached hydrogens (tertiary/aromatic N) is 1. The Morgan fingerprint density at radius 1 is 1.05 bits per heavy atom. The van der Waals surface area contributed by atoms with E-state index in [1.165, 1.54) is 0 Å². The van der Waals surface area contributed by atoms with E-state index in [2.05, 4.69) is 17.3 Å². The molecule has 0 aliphatic carbocycles. The third-order valence-electron chi connectivity index (χ3n) is 2.86. The number of likely N-dealkylation sites (N-methyl/N-ethyl adjacent to an activating group) is 1. The number of methoxy groups -OCH3 is 1. The van der Waals surface area contributed by atoms with Gasteiger partial charge in [0.15, 0.2) is 0 Å². The topological polar surface area (TPSA) is 33.7 Å². The van der Waals surface area contributed by atoms with Crippen molar-refractivity contribution in [3.05, 3.63) is 30.3 Å². The maximum atomic E-state index is 5.62. The molecule has 0 amide bonds. The van der Waals surface area contributed by atoms with Crippen LogP contribution in [0.15, 0.2) is 30.3 Å². The van der Waals surface area contributed by atoms with Gasteiger partial charge in [0.25, 0.3) is 0 Å².